The lowest BCUT2D eigenvalue weighted by atomic mass is 9.99. The first-order chi connectivity index (χ1) is 17.2. The summed E-state index contributed by atoms with van der Waals surface area (Å²) in [7, 11) is 0. The standard InChI is InChI=1S/C24H30O12/c25-9-15-17(27)19(29)21(31)23(35-15)33-13-5-1-11(2-6-13)12-3-7-14(8-4-12)34-24-22(32)20(30)18(28)16(10-26)36-24/h1-8,15-32H,9-10H2/t15-,16-,17-,18-,19+,20+,21-,22-,23+,24+/m1/s1. The van der Waals surface area contributed by atoms with Gasteiger partial charge in [-0.2, -0.15) is 0 Å². The van der Waals surface area contributed by atoms with Crippen molar-refractivity contribution in [3.05, 3.63) is 48.5 Å². The Morgan fingerprint density at radius 3 is 1.14 bits per heavy atom. The Balaban J connectivity index is 1.38. The highest BCUT2D eigenvalue weighted by Gasteiger charge is 2.45. The van der Waals surface area contributed by atoms with Crippen LogP contribution >= 0.6 is 0 Å². The minimum absolute atomic E-state index is 0.325. The van der Waals surface area contributed by atoms with Gasteiger partial charge in [0.25, 0.3) is 0 Å². The van der Waals surface area contributed by atoms with Crippen molar-refractivity contribution in [3.63, 3.8) is 0 Å². The molecule has 2 fully saturated rings. The molecular weight excluding hydrogens is 480 g/mol. The first kappa shape index (κ1) is 26.7. The summed E-state index contributed by atoms with van der Waals surface area (Å²) in [6.45, 7) is -1.11. The highest BCUT2D eigenvalue weighted by molar-refractivity contribution is 5.64. The van der Waals surface area contributed by atoms with Gasteiger partial charge in [-0.25, -0.2) is 0 Å². The zero-order chi connectivity index (χ0) is 26.0. The predicted molar refractivity (Wildman–Crippen MR) is 121 cm³/mol. The molecular formula is C24H30O12. The fraction of sp³-hybridized carbons (Fsp3) is 0.500. The van der Waals surface area contributed by atoms with Crippen molar-refractivity contribution < 1.29 is 59.8 Å². The maximum absolute atomic E-state index is 10.1. The topological polar surface area (TPSA) is 199 Å². The summed E-state index contributed by atoms with van der Waals surface area (Å²) in [4.78, 5) is 0. The average Bonchev–Trinajstić information content (AvgIpc) is 2.90. The van der Waals surface area contributed by atoms with Crippen LogP contribution in [0.1, 0.15) is 0 Å². The highest BCUT2D eigenvalue weighted by Crippen LogP contribution is 2.29. The molecule has 0 bridgehead atoms. The van der Waals surface area contributed by atoms with Gasteiger partial charge in [-0.05, 0) is 35.4 Å². The molecule has 10 atom stereocenters. The number of aliphatic hydroxyl groups excluding tert-OH is 8. The molecule has 198 valence electrons. The summed E-state index contributed by atoms with van der Waals surface area (Å²) in [6.07, 6.45) is -13.8. The summed E-state index contributed by atoms with van der Waals surface area (Å²) in [5.74, 6) is 0.649. The maximum Gasteiger partial charge on any atom is 0.229 e. The molecule has 2 aliphatic heterocycles. The molecule has 0 radical (unpaired) electrons. The van der Waals surface area contributed by atoms with E-state index in [-0.39, 0.29) is 0 Å². The molecule has 0 aromatic heterocycles. The summed E-state index contributed by atoms with van der Waals surface area (Å²) in [6, 6.07) is 13.5. The van der Waals surface area contributed by atoms with Crippen molar-refractivity contribution in [1.29, 1.82) is 0 Å². The van der Waals surface area contributed by atoms with Gasteiger partial charge < -0.3 is 59.8 Å². The van der Waals surface area contributed by atoms with Gasteiger partial charge in [0.1, 0.15) is 60.3 Å². The lowest BCUT2D eigenvalue weighted by Gasteiger charge is -2.39. The highest BCUT2D eigenvalue weighted by atomic mass is 16.7. The lowest BCUT2D eigenvalue weighted by Crippen LogP contribution is -2.60. The Morgan fingerprint density at radius 1 is 0.500 bits per heavy atom. The van der Waals surface area contributed by atoms with E-state index in [9.17, 15) is 40.9 Å². The smallest absolute Gasteiger partial charge is 0.229 e. The SMILES string of the molecule is OC[C@H]1O[C@H](Oc2ccc(-c3ccc(O[C@H]4O[C@H](CO)[C@@H](O)[C@H](O)[C@H]4O)cc3)cc2)[C@H](O)[C@@H](O)[C@@H]1O. The van der Waals surface area contributed by atoms with Crippen LogP contribution in [0.4, 0.5) is 0 Å². The molecule has 2 aromatic rings. The monoisotopic (exact) mass is 510 g/mol. The van der Waals surface area contributed by atoms with Crippen LogP contribution in [0.2, 0.25) is 0 Å². The average molecular weight is 510 g/mol. The van der Waals surface area contributed by atoms with Crippen LogP contribution in [0, 0.1) is 0 Å². The van der Waals surface area contributed by atoms with E-state index in [0.717, 1.165) is 11.1 Å². The third kappa shape index (κ3) is 5.48. The lowest BCUT2D eigenvalue weighted by molar-refractivity contribution is -0.277. The fourth-order valence-corrected chi connectivity index (χ4v) is 4.05. The van der Waals surface area contributed by atoms with E-state index >= 15 is 0 Å². The molecule has 4 rings (SSSR count). The molecule has 2 saturated heterocycles. The molecule has 12 nitrogen and oxygen atoms in total. The third-order valence-electron chi connectivity index (χ3n) is 6.24. The first-order valence-corrected chi connectivity index (χ1v) is 11.4. The Kier molecular flexibility index (Phi) is 8.42. The van der Waals surface area contributed by atoms with E-state index in [0.29, 0.717) is 11.5 Å². The van der Waals surface area contributed by atoms with Gasteiger partial charge in [0.15, 0.2) is 0 Å². The molecule has 0 spiro atoms. The Bertz CT molecular complexity index is 887. The predicted octanol–water partition coefficient (Wildman–Crippen LogP) is -2.29. The summed E-state index contributed by atoms with van der Waals surface area (Å²) < 4.78 is 21.9. The third-order valence-corrected chi connectivity index (χ3v) is 6.24. The van der Waals surface area contributed by atoms with Crippen molar-refractivity contribution in [2.45, 2.75) is 61.4 Å². The van der Waals surface area contributed by atoms with Crippen molar-refractivity contribution in [2.75, 3.05) is 13.2 Å². The Hall–Kier alpha value is -2.36. The Morgan fingerprint density at radius 2 is 0.833 bits per heavy atom. The van der Waals surface area contributed by atoms with Gasteiger partial charge in [-0.1, -0.05) is 24.3 Å². The number of benzene rings is 2. The second kappa shape index (κ2) is 11.4. The molecule has 0 saturated carbocycles. The van der Waals surface area contributed by atoms with Crippen LogP contribution in [-0.4, -0.2) is 115 Å². The molecule has 2 aliphatic rings. The second-order valence-corrected chi connectivity index (χ2v) is 8.68. The van der Waals surface area contributed by atoms with Crippen LogP contribution in [0.5, 0.6) is 11.5 Å². The minimum Gasteiger partial charge on any atom is -0.462 e. The molecule has 0 amide bonds. The normalized spacial score (nSPS) is 36.9. The van der Waals surface area contributed by atoms with E-state index in [2.05, 4.69) is 0 Å². The number of hydrogen-bond acceptors (Lipinski definition) is 12. The van der Waals surface area contributed by atoms with Crippen LogP contribution in [0.25, 0.3) is 11.1 Å². The van der Waals surface area contributed by atoms with Crippen LogP contribution in [-0.2, 0) is 9.47 Å². The number of rotatable bonds is 7. The van der Waals surface area contributed by atoms with Gasteiger partial charge in [0.2, 0.25) is 12.6 Å². The van der Waals surface area contributed by atoms with Crippen LogP contribution in [0.15, 0.2) is 48.5 Å². The largest absolute Gasteiger partial charge is 0.462 e. The van der Waals surface area contributed by atoms with E-state index < -0.39 is 74.6 Å². The maximum atomic E-state index is 10.1. The van der Waals surface area contributed by atoms with E-state index in [1.165, 1.54) is 0 Å². The summed E-state index contributed by atoms with van der Waals surface area (Å²) in [5, 5.41) is 78.3. The fourth-order valence-electron chi connectivity index (χ4n) is 4.05. The molecule has 2 heterocycles. The van der Waals surface area contributed by atoms with E-state index in [1.807, 2.05) is 0 Å². The number of hydrogen-bond donors (Lipinski definition) is 8. The molecule has 0 aliphatic carbocycles. The second-order valence-electron chi connectivity index (χ2n) is 8.68. The summed E-state index contributed by atoms with van der Waals surface area (Å²) >= 11 is 0. The molecule has 36 heavy (non-hydrogen) atoms. The van der Waals surface area contributed by atoms with Gasteiger partial charge in [0.05, 0.1) is 13.2 Å². The summed E-state index contributed by atoms with van der Waals surface area (Å²) in [5.41, 5.74) is 1.60. The quantitative estimate of drug-likeness (QED) is 0.199. The molecule has 12 heteroatoms. The zero-order valence-electron chi connectivity index (χ0n) is 19.0. The van der Waals surface area contributed by atoms with E-state index in [1.54, 1.807) is 48.5 Å². The van der Waals surface area contributed by atoms with Crippen molar-refractivity contribution >= 4 is 0 Å². The van der Waals surface area contributed by atoms with Crippen molar-refractivity contribution in [3.8, 4) is 22.6 Å². The number of ether oxygens (including phenoxy) is 4. The van der Waals surface area contributed by atoms with E-state index in [4.69, 9.17) is 18.9 Å². The molecule has 2 aromatic carbocycles. The molecule has 0 unspecified atom stereocenters. The van der Waals surface area contributed by atoms with Gasteiger partial charge >= 0.3 is 0 Å². The number of aliphatic hydroxyl groups is 8. The van der Waals surface area contributed by atoms with Crippen LogP contribution < -0.4 is 9.47 Å². The first-order valence-electron chi connectivity index (χ1n) is 11.4. The zero-order valence-corrected chi connectivity index (χ0v) is 19.0. The Labute approximate surface area is 206 Å². The van der Waals surface area contributed by atoms with Gasteiger partial charge in [-0.3, -0.25) is 0 Å². The van der Waals surface area contributed by atoms with Gasteiger partial charge in [-0.15, -0.1) is 0 Å². The van der Waals surface area contributed by atoms with Crippen LogP contribution in [0.3, 0.4) is 0 Å². The minimum atomic E-state index is -1.54. The molecule has 8 N–H and O–H groups in total. The van der Waals surface area contributed by atoms with Gasteiger partial charge in [0, 0.05) is 0 Å². The van der Waals surface area contributed by atoms with Crippen molar-refractivity contribution in [1.82, 2.24) is 0 Å². The van der Waals surface area contributed by atoms with Crippen molar-refractivity contribution in [2.24, 2.45) is 0 Å².